The summed E-state index contributed by atoms with van der Waals surface area (Å²) in [5.74, 6) is 1.64. The number of nitrogens with one attached hydrogen (secondary N) is 2. The van der Waals surface area contributed by atoms with Crippen LogP contribution in [0, 0.1) is 19.8 Å². The smallest absolute Gasteiger partial charge is 0.191 e. The number of aliphatic imine (C=N–C) groups is 1. The van der Waals surface area contributed by atoms with Crippen LogP contribution in [0.1, 0.15) is 50.6 Å². The van der Waals surface area contributed by atoms with Crippen LogP contribution >= 0.6 is 24.0 Å². The summed E-state index contributed by atoms with van der Waals surface area (Å²) >= 11 is 0. The lowest BCUT2D eigenvalue weighted by Gasteiger charge is -2.34. The average molecular weight is 539 g/mol. The van der Waals surface area contributed by atoms with E-state index in [4.69, 9.17) is 4.99 Å². The average Bonchev–Trinajstić information content (AvgIpc) is 3.05. The zero-order valence-electron chi connectivity index (χ0n) is 19.7. The van der Waals surface area contributed by atoms with E-state index in [0.717, 1.165) is 48.6 Å². The summed E-state index contributed by atoms with van der Waals surface area (Å²) in [6.45, 7) is 15.8. The number of hydrogen-bond donors (Lipinski definition) is 2. The van der Waals surface area contributed by atoms with Gasteiger partial charge < -0.3 is 15.5 Å². The second-order valence-corrected chi connectivity index (χ2v) is 8.78. The number of halogens is 1. The molecule has 2 aromatic rings. The number of likely N-dealkylation sites (tertiary alicyclic amines) is 1. The van der Waals surface area contributed by atoms with Crippen LogP contribution in [0.4, 0.5) is 0 Å². The van der Waals surface area contributed by atoms with Gasteiger partial charge in [-0.1, -0.05) is 32.0 Å². The molecule has 0 saturated carbocycles. The molecular weight excluding hydrogens is 499 g/mol. The molecule has 0 radical (unpaired) electrons. The Kier molecular flexibility index (Phi) is 10.3. The molecule has 0 aliphatic carbocycles. The van der Waals surface area contributed by atoms with Crippen molar-refractivity contribution in [1.82, 2.24) is 25.3 Å². The van der Waals surface area contributed by atoms with Crippen LogP contribution in [0.15, 0.2) is 35.3 Å². The summed E-state index contributed by atoms with van der Waals surface area (Å²) in [6, 6.07) is 11.0. The lowest BCUT2D eigenvalue weighted by molar-refractivity contribution is 0.187. The van der Waals surface area contributed by atoms with E-state index in [1.54, 1.807) is 0 Å². The highest BCUT2D eigenvalue weighted by atomic mass is 127. The number of piperidine rings is 1. The largest absolute Gasteiger partial charge is 0.357 e. The van der Waals surface area contributed by atoms with Crippen LogP contribution in [-0.4, -0.2) is 52.9 Å². The molecule has 1 aliphatic rings. The zero-order valence-corrected chi connectivity index (χ0v) is 22.0. The van der Waals surface area contributed by atoms with Crippen molar-refractivity contribution in [2.24, 2.45) is 10.9 Å². The van der Waals surface area contributed by atoms with Crippen LogP contribution in [0.2, 0.25) is 0 Å². The van der Waals surface area contributed by atoms with Gasteiger partial charge in [-0.25, -0.2) is 9.67 Å². The van der Waals surface area contributed by atoms with Crippen LogP contribution in [0.25, 0.3) is 5.69 Å². The predicted octanol–water partition coefficient (Wildman–Crippen LogP) is 4.28. The van der Waals surface area contributed by atoms with Crippen LogP contribution in [0.5, 0.6) is 0 Å². The summed E-state index contributed by atoms with van der Waals surface area (Å²) in [5.41, 5.74) is 4.45. The molecule has 31 heavy (non-hydrogen) atoms. The van der Waals surface area contributed by atoms with E-state index in [2.05, 4.69) is 78.7 Å². The summed E-state index contributed by atoms with van der Waals surface area (Å²) in [4.78, 5) is 7.49. The molecule has 1 aromatic heterocycles. The minimum atomic E-state index is 0. The molecule has 0 bridgehead atoms. The Morgan fingerprint density at radius 1 is 1.19 bits per heavy atom. The molecule has 2 N–H and O–H groups in total. The van der Waals surface area contributed by atoms with E-state index >= 15 is 0 Å². The Morgan fingerprint density at radius 2 is 1.90 bits per heavy atom. The van der Waals surface area contributed by atoms with Gasteiger partial charge in [-0.05, 0) is 57.2 Å². The molecule has 0 unspecified atom stereocenters. The van der Waals surface area contributed by atoms with E-state index in [1.807, 2.05) is 11.6 Å². The van der Waals surface area contributed by atoms with Gasteiger partial charge in [0.1, 0.15) is 0 Å². The van der Waals surface area contributed by atoms with E-state index in [0.29, 0.717) is 12.6 Å². The Bertz CT molecular complexity index is 836. The molecule has 1 fully saturated rings. The van der Waals surface area contributed by atoms with Crippen molar-refractivity contribution in [1.29, 1.82) is 0 Å². The SMILES string of the molecule is CCNC(=NCc1ccccc1-n1nc(C)cc1C)NC1CCN(CC(C)C)CC1.I. The van der Waals surface area contributed by atoms with E-state index in [1.165, 1.54) is 24.9 Å². The number of aryl methyl sites for hydroxylation is 2. The Balaban J connectivity index is 0.00000341. The van der Waals surface area contributed by atoms with E-state index in [9.17, 15) is 0 Å². The standard InChI is InChI=1S/C24H38N6.HI/c1-6-25-24(27-22-11-13-29(14-12-22)17-18(2)3)26-16-21-9-7-8-10-23(21)30-20(5)15-19(4)28-30;/h7-10,15,18,22H,6,11-14,16-17H2,1-5H3,(H2,25,26,27);1H. The van der Waals surface area contributed by atoms with Crippen molar-refractivity contribution in [3.63, 3.8) is 0 Å². The number of aromatic nitrogens is 2. The maximum absolute atomic E-state index is 4.91. The molecule has 0 spiro atoms. The molecule has 2 heterocycles. The highest BCUT2D eigenvalue weighted by Gasteiger charge is 2.20. The van der Waals surface area contributed by atoms with Crippen molar-refractivity contribution in [2.45, 2.75) is 60.0 Å². The maximum atomic E-state index is 4.91. The maximum Gasteiger partial charge on any atom is 0.191 e. The highest BCUT2D eigenvalue weighted by Crippen LogP contribution is 2.18. The minimum absolute atomic E-state index is 0. The van der Waals surface area contributed by atoms with Crippen molar-refractivity contribution >= 4 is 29.9 Å². The third-order valence-electron chi connectivity index (χ3n) is 5.53. The second-order valence-electron chi connectivity index (χ2n) is 8.78. The molecule has 1 saturated heterocycles. The van der Waals surface area contributed by atoms with E-state index < -0.39 is 0 Å². The Morgan fingerprint density at radius 3 is 2.52 bits per heavy atom. The van der Waals surface area contributed by atoms with E-state index in [-0.39, 0.29) is 24.0 Å². The number of nitrogens with zero attached hydrogens (tertiary/aromatic N) is 4. The molecule has 7 heteroatoms. The first-order valence-electron chi connectivity index (χ1n) is 11.3. The summed E-state index contributed by atoms with van der Waals surface area (Å²) < 4.78 is 2.02. The molecule has 0 atom stereocenters. The van der Waals surface area contributed by atoms with Crippen molar-refractivity contribution in [3.05, 3.63) is 47.3 Å². The molecule has 3 rings (SSSR count). The van der Waals surface area contributed by atoms with Gasteiger partial charge in [0.2, 0.25) is 0 Å². The molecule has 172 valence electrons. The fourth-order valence-electron chi connectivity index (χ4n) is 4.18. The van der Waals surface area contributed by atoms with Crippen LogP contribution in [0.3, 0.4) is 0 Å². The lowest BCUT2D eigenvalue weighted by atomic mass is 10.0. The fourth-order valence-corrected chi connectivity index (χ4v) is 4.18. The Labute approximate surface area is 204 Å². The van der Waals surface area contributed by atoms with Gasteiger partial charge in [0.25, 0.3) is 0 Å². The number of benzene rings is 1. The monoisotopic (exact) mass is 538 g/mol. The Hall–Kier alpha value is -1.61. The molecule has 1 aromatic carbocycles. The van der Waals surface area contributed by atoms with Crippen molar-refractivity contribution < 1.29 is 0 Å². The normalized spacial score (nSPS) is 15.7. The number of hydrogen-bond acceptors (Lipinski definition) is 3. The lowest BCUT2D eigenvalue weighted by Crippen LogP contribution is -2.49. The molecule has 0 amide bonds. The quantitative estimate of drug-likeness (QED) is 0.314. The van der Waals surface area contributed by atoms with Gasteiger partial charge in [-0.15, -0.1) is 24.0 Å². The van der Waals surface area contributed by atoms with Crippen molar-refractivity contribution in [3.8, 4) is 5.69 Å². The number of rotatable bonds is 7. The van der Waals surface area contributed by atoms with Crippen LogP contribution < -0.4 is 10.6 Å². The predicted molar refractivity (Wildman–Crippen MR) is 141 cm³/mol. The summed E-state index contributed by atoms with van der Waals surface area (Å²) in [5, 5.41) is 11.7. The topological polar surface area (TPSA) is 57.5 Å². The third-order valence-corrected chi connectivity index (χ3v) is 5.53. The fraction of sp³-hybridized carbons (Fsp3) is 0.583. The number of para-hydroxylation sites is 1. The first-order chi connectivity index (χ1) is 14.5. The van der Waals surface area contributed by atoms with Crippen LogP contribution in [-0.2, 0) is 6.54 Å². The molecule has 1 aliphatic heterocycles. The minimum Gasteiger partial charge on any atom is -0.357 e. The van der Waals surface area contributed by atoms with Gasteiger partial charge in [-0.3, -0.25) is 0 Å². The first-order valence-corrected chi connectivity index (χ1v) is 11.3. The van der Waals surface area contributed by atoms with Gasteiger partial charge in [0.15, 0.2) is 5.96 Å². The zero-order chi connectivity index (χ0) is 21.5. The molecular formula is C24H39IN6. The summed E-state index contributed by atoms with van der Waals surface area (Å²) in [6.07, 6.45) is 2.33. The van der Waals surface area contributed by atoms with Gasteiger partial charge in [0, 0.05) is 37.9 Å². The number of guanidine groups is 1. The molecule has 6 nitrogen and oxygen atoms in total. The second kappa shape index (κ2) is 12.4. The van der Waals surface area contributed by atoms with Gasteiger partial charge in [-0.2, -0.15) is 5.10 Å². The highest BCUT2D eigenvalue weighted by molar-refractivity contribution is 14.0. The van der Waals surface area contributed by atoms with Crippen molar-refractivity contribution in [2.75, 3.05) is 26.2 Å². The van der Waals surface area contributed by atoms with Gasteiger partial charge >= 0.3 is 0 Å². The summed E-state index contributed by atoms with van der Waals surface area (Å²) in [7, 11) is 0. The van der Waals surface area contributed by atoms with Gasteiger partial charge in [0.05, 0.1) is 17.9 Å². The first kappa shape index (κ1) is 25.6. The third kappa shape index (κ3) is 7.49.